The third-order valence-corrected chi connectivity index (χ3v) is 3.75. The summed E-state index contributed by atoms with van der Waals surface area (Å²) >= 11 is 1.44. The van der Waals surface area contributed by atoms with Gasteiger partial charge in [-0.05, 0) is 6.54 Å². The number of rotatable bonds is 6. The predicted octanol–water partition coefficient (Wildman–Crippen LogP) is 0.570. The monoisotopic (exact) mass is 296 g/mol. The highest BCUT2D eigenvalue weighted by atomic mass is 32.2. The summed E-state index contributed by atoms with van der Waals surface area (Å²) in [5.74, 6) is 2.09. The first kappa shape index (κ1) is 14.6. The summed E-state index contributed by atoms with van der Waals surface area (Å²) in [5.41, 5.74) is 5.30. The molecule has 0 spiro atoms. The number of hydrogen-bond donors (Lipinski definition) is 1. The van der Waals surface area contributed by atoms with Crippen LogP contribution >= 0.6 is 11.8 Å². The van der Waals surface area contributed by atoms with Crippen molar-refractivity contribution in [2.24, 2.45) is 12.8 Å². The number of nitrogens with zero attached hydrogens (tertiary/aromatic N) is 3. The van der Waals surface area contributed by atoms with Gasteiger partial charge in [-0.25, -0.2) is 0 Å². The van der Waals surface area contributed by atoms with Crippen LogP contribution in [0.25, 0.3) is 0 Å². The summed E-state index contributed by atoms with van der Waals surface area (Å²) in [7, 11) is 3.32. The average molecular weight is 296 g/mol. The molecule has 108 valence electrons. The lowest BCUT2D eigenvalue weighted by Gasteiger charge is -2.03. The van der Waals surface area contributed by atoms with Crippen molar-refractivity contribution in [3.05, 3.63) is 34.1 Å². The molecule has 2 rings (SSSR count). The molecule has 0 aliphatic rings. The third-order valence-electron chi connectivity index (χ3n) is 2.71. The van der Waals surface area contributed by atoms with Gasteiger partial charge in [-0.2, -0.15) is 0 Å². The first-order valence-electron chi connectivity index (χ1n) is 6.02. The van der Waals surface area contributed by atoms with E-state index >= 15 is 0 Å². The minimum Gasteiger partial charge on any atom is -0.490 e. The Bertz CT molecular complexity index is 638. The molecule has 2 heterocycles. The summed E-state index contributed by atoms with van der Waals surface area (Å²) in [6.45, 7) is 0.532. The van der Waals surface area contributed by atoms with Crippen LogP contribution in [0.5, 0.6) is 5.75 Å². The summed E-state index contributed by atoms with van der Waals surface area (Å²) in [5, 5.41) is 8.90. The fourth-order valence-electron chi connectivity index (χ4n) is 1.62. The smallest absolute Gasteiger partial charge is 0.227 e. The van der Waals surface area contributed by atoms with E-state index in [0.717, 1.165) is 11.0 Å². The van der Waals surface area contributed by atoms with E-state index in [-0.39, 0.29) is 11.2 Å². The Labute approximate surface area is 120 Å². The zero-order valence-electron chi connectivity index (χ0n) is 11.3. The third kappa shape index (κ3) is 3.20. The van der Waals surface area contributed by atoms with E-state index < -0.39 is 0 Å². The van der Waals surface area contributed by atoms with Crippen molar-refractivity contribution in [3.8, 4) is 5.75 Å². The van der Waals surface area contributed by atoms with Crippen LogP contribution in [0.15, 0.2) is 26.7 Å². The van der Waals surface area contributed by atoms with Crippen LogP contribution in [0.4, 0.5) is 0 Å². The molecule has 7 nitrogen and oxygen atoms in total. The Kier molecular flexibility index (Phi) is 4.80. The molecular weight excluding hydrogens is 280 g/mol. The standard InChI is InChI=1S/C12H16N4O3S/c1-16-11(3-4-13)14-15-12(16)20-7-8-5-9(17)10(18-2)6-19-8/h5-6H,3-4,7,13H2,1-2H3. The maximum Gasteiger partial charge on any atom is 0.227 e. The molecule has 0 radical (unpaired) electrons. The molecule has 2 N–H and O–H groups in total. The Morgan fingerprint density at radius 1 is 1.50 bits per heavy atom. The highest BCUT2D eigenvalue weighted by Gasteiger charge is 2.10. The fraction of sp³-hybridized carbons (Fsp3) is 0.417. The van der Waals surface area contributed by atoms with Crippen LogP contribution < -0.4 is 15.9 Å². The van der Waals surface area contributed by atoms with Gasteiger partial charge in [0.2, 0.25) is 11.2 Å². The number of hydrogen-bond acceptors (Lipinski definition) is 7. The number of ether oxygens (including phenoxy) is 1. The van der Waals surface area contributed by atoms with Crippen molar-refractivity contribution in [3.63, 3.8) is 0 Å². The lowest BCUT2D eigenvalue weighted by atomic mass is 10.4. The number of thioether (sulfide) groups is 1. The Morgan fingerprint density at radius 3 is 2.95 bits per heavy atom. The van der Waals surface area contributed by atoms with Crippen molar-refractivity contribution in [2.45, 2.75) is 17.3 Å². The molecular formula is C12H16N4O3S. The molecule has 20 heavy (non-hydrogen) atoms. The van der Waals surface area contributed by atoms with Crippen LogP contribution in [-0.2, 0) is 19.2 Å². The lowest BCUT2D eigenvalue weighted by Crippen LogP contribution is -2.08. The van der Waals surface area contributed by atoms with Gasteiger partial charge in [0.1, 0.15) is 17.8 Å². The highest BCUT2D eigenvalue weighted by molar-refractivity contribution is 7.98. The van der Waals surface area contributed by atoms with Crippen molar-refractivity contribution >= 4 is 11.8 Å². The molecule has 0 saturated heterocycles. The number of methoxy groups -OCH3 is 1. The van der Waals surface area contributed by atoms with Crippen LogP contribution in [0, 0.1) is 0 Å². The van der Waals surface area contributed by atoms with Crippen molar-refractivity contribution in [2.75, 3.05) is 13.7 Å². The molecule has 0 fully saturated rings. The van der Waals surface area contributed by atoms with Crippen LogP contribution in [0.2, 0.25) is 0 Å². The molecule has 0 aliphatic heterocycles. The number of nitrogens with two attached hydrogens (primary N) is 1. The van der Waals surface area contributed by atoms with Crippen LogP contribution in [0.3, 0.4) is 0 Å². The van der Waals surface area contributed by atoms with Gasteiger partial charge in [0.15, 0.2) is 5.16 Å². The van der Waals surface area contributed by atoms with Gasteiger partial charge in [0.05, 0.1) is 12.9 Å². The minimum atomic E-state index is -0.198. The Morgan fingerprint density at radius 2 is 2.30 bits per heavy atom. The summed E-state index contributed by atoms with van der Waals surface area (Å²) < 4.78 is 12.1. The molecule has 0 aromatic carbocycles. The van der Waals surface area contributed by atoms with E-state index in [9.17, 15) is 4.79 Å². The van der Waals surface area contributed by atoms with Crippen molar-refractivity contribution in [1.29, 1.82) is 0 Å². The summed E-state index contributed by atoms with van der Waals surface area (Å²) in [6, 6.07) is 1.42. The van der Waals surface area contributed by atoms with Gasteiger partial charge in [-0.1, -0.05) is 11.8 Å². The first-order valence-corrected chi connectivity index (χ1v) is 7.01. The molecule has 0 atom stereocenters. The normalized spacial score (nSPS) is 10.8. The molecule has 0 aliphatic carbocycles. The lowest BCUT2D eigenvalue weighted by molar-refractivity contribution is 0.381. The van der Waals surface area contributed by atoms with Gasteiger partial charge in [-0.15, -0.1) is 10.2 Å². The largest absolute Gasteiger partial charge is 0.490 e. The molecule has 8 heteroatoms. The van der Waals surface area contributed by atoms with Crippen LogP contribution in [-0.4, -0.2) is 28.4 Å². The zero-order chi connectivity index (χ0) is 14.5. The highest BCUT2D eigenvalue weighted by Crippen LogP contribution is 2.21. The second-order valence-corrected chi connectivity index (χ2v) is 5.01. The average Bonchev–Trinajstić information content (AvgIpc) is 2.78. The summed E-state index contributed by atoms with van der Waals surface area (Å²) in [6.07, 6.45) is 2.00. The molecule has 0 saturated carbocycles. The fourth-order valence-corrected chi connectivity index (χ4v) is 2.44. The number of aromatic nitrogens is 3. The summed E-state index contributed by atoms with van der Waals surface area (Å²) in [4.78, 5) is 11.6. The zero-order valence-corrected chi connectivity index (χ0v) is 12.1. The van der Waals surface area contributed by atoms with Gasteiger partial charge in [0, 0.05) is 19.5 Å². The van der Waals surface area contributed by atoms with E-state index in [1.54, 1.807) is 0 Å². The van der Waals surface area contributed by atoms with Gasteiger partial charge in [0.25, 0.3) is 0 Å². The van der Waals surface area contributed by atoms with E-state index in [2.05, 4.69) is 10.2 Å². The van der Waals surface area contributed by atoms with E-state index in [0.29, 0.717) is 24.5 Å². The second kappa shape index (κ2) is 6.58. The van der Waals surface area contributed by atoms with Crippen LogP contribution in [0.1, 0.15) is 11.6 Å². The molecule has 0 unspecified atom stereocenters. The van der Waals surface area contributed by atoms with Gasteiger partial charge in [-0.3, -0.25) is 4.79 Å². The van der Waals surface area contributed by atoms with Gasteiger partial charge >= 0.3 is 0 Å². The maximum absolute atomic E-state index is 11.6. The minimum absolute atomic E-state index is 0.197. The second-order valence-electron chi connectivity index (χ2n) is 4.06. The van der Waals surface area contributed by atoms with Gasteiger partial charge < -0.3 is 19.5 Å². The molecule has 2 aromatic heterocycles. The Hall–Kier alpha value is -1.80. The SMILES string of the molecule is COc1coc(CSc2nnc(CCN)n2C)cc1=O. The molecule has 0 bridgehead atoms. The maximum atomic E-state index is 11.6. The van der Waals surface area contributed by atoms with E-state index in [1.165, 1.54) is 31.2 Å². The molecule has 2 aromatic rings. The van der Waals surface area contributed by atoms with Crippen molar-refractivity contribution < 1.29 is 9.15 Å². The Balaban J connectivity index is 2.05. The van der Waals surface area contributed by atoms with E-state index in [4.69, 9.17) is 14.9 Å². The first-order chi connectivity index (χ1) is 9.65. The molecule has 0 amide bonds. The topological polar surface area (TPSA) is 96.2 Å². The van der Waals surface area contributed by atoms with E-state index in [1.807, 2.05) is 11.6 Å². The quantitative estimate of drug-likeness (QED) is 0.778. The van der Waals surface area contributed by atoms with Crippen molar-refractivity contribution in [1.82, 2.24) is 14.8 Å². The predicted molar refractivity (Wildman–Crippen MR) is 74.9 cm³/mol.